The van der Waals surface area contributed by atoms with Crippen LogP contribution in [0.3, 0.4) is 0 Å². The van der Waals surface area contributed by atoms with Gasteiger partial charge in [0.2, 0.25) is 0 Å². The summed E-state index contributed by atoms with van der Waals surface area (Å²) >= 11 is 3.44. The number of carbonyl (C=O) groups excluding carboxylic acids is 1. The SMILES string of the molecule is CCc1ccc(C(=O)NCC(C)(C)CCCBr)cc1. The number of benzene rings is 1. The lowest BCUT2D eigenvalue weighted by Gasteiger charge is -2.24. The largest absolute Gasteiger partial charge is 0.352 e. The summed E-state index contributed by atoms with van der Waals surface area (Å²) in [5, 5.41) is 4.05. The maximum Gasteiger partial charge on any atom is 0.251 e. The number of alkyl halides is 1. The zero-order chi connectivity index (χ0) is 14.3. The number of amides is 1. The number of hydrogen-bond acceptors (Lipinski definition) is 1. The lowest BCUT2D eigenvalue weighted by molar-refractivity contribution is 0.0934. The van der Waals surface area contributed by atoms with Crippen molar-refractivity contribution in [3.8, 4) is 0 Å². The Bertz CT molecular complexity index is 398. The predicted molar refractivity (Wildman–Crippen MR) is 85.0 cm³/mol. The Morgan fingerprint density at radius 1 is 1.26 bits per heavy atom. The molecular formula is C16H24BrNO. The summed E-state index contributed by atoms with van der Waals surface area (Å²) in [5.41, 5.74) is 2.15. The van der Waals surface area contributed by atoms with Gasteiger partial charge in [0.05, 0.1) is 0 Å². The first kappa shape index (κ1) is 16.2. The van der Waals surface area contributed by atoms with E-state index in [2.05, 4.69) is 42.0 Å². The van der Waals surface area contributed by atoms with Crippen LogP contribution in [0.2, 0.25) is 0 Å². The van der Waals surface area contributed by atoms with Gasteiger partial charge in [0.25, 0.3) is 5.91 Å². The van der Waals surface area contributed by atoms with E-state index in [1.807, 2.05) is 24.3 Å². The first-order valence-electron chi connectivity index (χ1n) is 6.91. The van der Waals surface area contributed by atoms with E-state index in [1.165, 1.54) is 5.56 Å². The number of halogens is 1. The van der Waals surface area contributed by atoms with Crippen LogP contribution in [0.4, 0.5) is 0 Å². The molecular weight excluding hydrogens is 302 g/mol. The minimum atomic E-state index is 0.0228. The summed E-state index contributed by atoms with van der Waals surface area (Å²) in [4.78, 5) is 12.0. The summed E-state index contributed by atoms with van der Waals surface area (Å²) in [7, 11) is 0. The number of nitrogens with one attached hydrogen (secondary N) is 1. The van der Waals surface area contributed by atoms with Crippen LogP contribution < -0.4 is 5.32 Å². The number of rotatable bonds is 7. The molecule has 1 amide bonds. The van der Waals surface area contributed by atoms with Crippen LogP contribution in [-0.4, -0.2) is 17.8 Å². The van der Waals surface area contributed by atoms with Crippen molar-refractivity contribution < 1.29 is 4.79 Å². The van der Waals surface area contributed by atoms with Gasteiger partial charge in [-0.25, -0.2) is 0 Å². The van der Waals surface area contributed by atoms with Crippen molar-refractivity contribution in [3.05, 3.63) is 35.4 Å². The zero-order valence-electron chi connectivity index (χ0n) is 12.1. The van der Waals surface area contributed by atoms with Gasteiger partial charge < -0.3 is 5.32 Å². The van der Waals surface area contributed by atoms with Gasteiger partial charge in [-0.05, 0) is 42.4 Å². The van der Waals surface area contributed by atoms with Gasteiger partial charge in [-0.3, -0.25) is 4.79 Å². The second-order valence-electron chi connectivity index (χ2n) is 5.69. The van der Waals surface area contributed by atoms with Crippen LogP contribution in [-0.2, 0) is 6.42 Å². The normalized spacial score (nSPS) is 11.4. The molecule has 2 nitrogen and oxygen atoms in total. The molecule has 0 unspecified atom stereocenters. The van der Waals surface area contributed by atoms with Gasteiger partial charge in [-0.1, -0.05) is 48.8 Å². The monoisotopic (exact) mass is 325 g/mol. The third-order valence-corrected chi connectivity index (χ3v) is 3.90. The third kappa shape index (κ3) is 5.77. The second-order valence-corrected chi connectivity index (χ2v) is 6.48. The molecule has 0 fully saturated rings. The van der Waals surface area contributed by atoms with Crippen molar-refractivity contribution in [2.24, 2.45) is 5.41 Å². The van der Waals surface area contributed by atoms with E-state index in [9.17, 15) is 4.79 Å². The van der Waals surface area contributed by atoms with Crippen LogP contribution in [0.1, 0.15) is 49.5 Å². The average Bonchev–Trinajstić information content (AvgIpc) is 2.43. The minimum absolute atomic E-state index is 0.0228. The maximum absolute atomic E-state index is 12.0. The highest BCUT2D eigenvalue weighted by Crippen LogP contribution is 2.21. The molecule has 1 aromatic rings. The summed E-state index contributed by atoms with van der Waals surface area (Å²) in [6.45, 7) is 7.21. The quantitative estimate of drug-likeness (QED) is 0.748. The number of carbonyl (C=O) groups is 1. The molecule has 0 aliphatic heterocycles. The number of hydrogen-bond donors (Lipinski definition) is 1. The summed E-state index contributed by atoms with van der Waals surface area (Å²) < 4.78 is 0. The Balaban J connectivity index is 2.50. The van der Waals surface area contributed by atoms with Gasteiger partial charge in [0.1, 0.15) is 0 Å². The van der Waals surface area contributed by atoms with Crippen LogP contribution >= 0.6 is 15.9 Å². The highest BCUT2D eigenvalue weighted by atomic mass is 79.9. The van der Waals surface area contributed by atoms with E-state index in [4.69, 9.17) is 0 Å². The number of aryl methyl sites for hydroxylation is 1. The summed E-state index contributed by atoms with van der Waals surface area (Å²) in [6, 6.07) is 7.84. The highest BCUT2D eigenvalue weighted by molar-refractivity contribution is 9.09. The van der Waals surface area contributed by atoms with Crippen molar-refractivity contribution in [3.63, 3.8) is 0 Å². The van der Waals surface area contributed by atoms with E-state index in [0.29, 0.717) is 6.54 Å². The Labute approximate surface area is 125 Å². The van der Waals surface area contributed by atoms with E-state index in [-0.39, 0.29) is 11.3 Å². The van der Waals surface area contributed by atoms with E-state index >= 15 is 0 Å². The molecule has 0 saturated heterocycles. The third-order valence-electron chi connectivity index (χ3n) is 3.34. The Morgan fingerprint density at radius 3 is 2.42 bits per heavy atom. The fourth-order valence-corrected chi connectivity index (χ4v) is 2.23. The molecule has 106 valence electrons. The molecule has 0 radical (unpaired) electrons. The molecule has 19 heavy (non-hydrogen) atoms. The minimum Gasteiger partial charge on any atom is -0.352 e. The second kappa shape index (κ2) is 7.68. The molecule has 1 rings (SSSR count). The lowest BCUT2D eigenvalue weighted by atomic mass is 9.88. The van der Waals surface area contributed by atoms with Gasteiger partial charge in [-0.15, -0.1) is 0 Å². The van der Waals surface area contributed by atoms with Crippen LogP contribution in [0.5, 0.6) is 0 Å². The van der Waals surface area contributed by atoms with Crippen molar-refractivity contribution >= 4 is 21.8 Å². The standard InChI is InChI=1S/C16H24BrNO/c1-4-13-6-8-14(9-7-13)15(19)18-12-16(2,3)10-5-11-17/h6-9H,4-5,10-12H2,1-3H3,(H,18,19). The molecule has 0 aliphatic rings. The van der Waals surface area contributed by atoms with Gasteiger partial charge in [0.15, 0.2) is 0 Å². The highest BCUT2D eigenvalue weighted by Gasteiger charge is 2.18. The van der Waals surface area contributed by atoms with Crippen LogP contribution in [0.15, 0.2) is 24.3 Å². The van der Waals surface area contributed by atoms with E-state index in [0.717, 1.165) is 30.2 Å². The van der Waals surface area contributed by atoms with E-state index < -0.39 is 0 Å². The predicted octanol–water partition coefficient (Wildman–Crippen LogP) is 4.18. The summed E-state index contributed by atoms with van der Waals surface area (Å²) in [5.74, 6) is 0.0228. The van der Waals surface area contributed by atoms with Crippen LogP contribution in [0, 0.1) is 5.41 Å². The van der Waals surface area contributed by atoms with Crippen molar-refractivity contribution in [1.29, 1.82) is 0 Å². The average molecular weight is 326 g/mol. The molecule has 1 N–H and O–H groups in total. The van der Waals surface area contributed by atoms with Crippen molar-refractivity contribution in [1.82, 2.24) is 5.32 Å². The fraction of sp³-hybridized carbons (Fsp3) is 0.562. The molecule has 1 aromatic carbocycles. The van der Waals surface area contributed by atoms with Crippen molar-refractivity contribution in [2.45, 2.75) is 40.0 Å². The molecule has 0 heterocycles. The zero-order valence-corrected chi connectivity index (χ0v) is 13.7. The molecule has 0 atom stereocenters. The first-order valence-corrected chi connectivity index (χ1v) is 8.04. The Hall–Kier alpha value is -0.830. The van der Waals surface area contributed by atoms with Gasteiger partial charge in [0, 0.05) is 17.4 Å². The maximum atomic E-state index is 12.0. The molecule has 0 aliphatic carbocycles. The van der Waals surface area contributed by atoms with Gasteiger partial charge in [-0.2, -0.15) is 0 Å². The smallest absolute Gasteiger partial charge is 0.251 e. The lowest BCUT2D eigenvalue weighted by Crippen LogP contribution is -2.34. The molecule has 0 saturated carbocycles. The van der Waals surface area contributed by atoms with E-state index in [1.54, 1.807) is 0 Å². The first-order chi connectivity index (χ1) is 8.98. The molecule has 0 spiro atoms. The Kier molecular flexibility index (Phi) is 6.56. The Morgan fingerprint density at radius 2 is 1.89 bits per heavy atom. The fourth-order valence-electron chi connectivity index (χ4n) is 1.95. The van der Waals surface area contributed by atoms with Gasteiger partial charge >= 0.3 is 0 Å². The van der Waals surface area contributed by atoms with Crippen LogP contribution in [0.25, 0.3) is 0 Å². The molecule has 0 bridgehead atoms. The topological polar surface area (TPSA) is 29.1 Å². The summed E-state index contributed by atoms with van der Waals surface area (Å²) in [6.07, 6.45) is 3.24. The van der Waals surface area contributed by atoms with Crippen molar-refractivity contribution in [2.75, 3.05) is 11.9 Å². The molecule has 3 heteroatoms. The molecule has 0 aromatic heterocycles.